The second-order valence-electron chi connectivity index (χ2n) is 4.85. The van der Waals surface area contributed by atoms with E-state index in [1.165, 1.54) is 9.80 Å². The van der Waals surface area contributed by atoms with E-state index in [9.17, 15) is 14.4 Å². The number of anilines is 1. The molecule has 0 unspecified atom stereocenters. The molecule has 1 aliphatic rings. The van der Waals surface area contributed by atoms with Crippen molar-refractivity contribution in [3.63, 3.8) is 0 Å². The highest BCUT2D eigenvalue weighted by Crippen LogP contribution is 2.10. The van der Waals surface area contributed by atoms with E-state index in [-0.39, 0.29) is 6.54 Å². The molecule has 2 rings (SSSR count). The summed E-state index contributed by atoms with van der Waals surface area (Å²) in [5.41, 5.74) is 0.913. The van der Waals surface area contributed by atoms with Gasteiger partial charge in [-0.2, -0.15) is 5.26 Å². The number of amides is 3. The largest absolute Gasteiger partial charge is 0.333 e. The molecule has 7 nitrogen and oxygen atoms in total. The molecule has 1 heterocycles. The standard InChI is InChI=1S/C15H16N4O3/c1-2-18-6-7-19(15(22)14(18)21)10-13(20)17-12-5-3-4-11(8-12)9-16/h3-5,8H,2,6-7,10H2,1H3,(H,17,20). The van der Waals surface area contributed by atoms with Gasteiger partial charge in [-0.15, -0.1) is 0 Å². The van der Waals surface area contributed by atoms with Crippen molar-refractivity contribution < 1.29 is 14.4 Å². The van der Waals surface area contributed by atoms with Crippen molar-refractivity contribution in [1.82, 2.24) is 9.80 Å². The molecule has 1 N–H and O–H groups in total. The topological polar surface area (TPSA) is 93.5 Å². The molecule has 1 aliphatic heterocycles. The average molecular weight is 300 g/mol. The third-order valence-corrected chi connectivity index (χ3v) is 3.39. The maximum absolute atomic E-state index is 12.0. The number of hydrogen-bond donors (Lipinski definition) is 1. The number of likely N-dealkylation sites (N-methyl/N-ethyl adjacent to an activating group) is 1. The van der Waals surface area contributed by atoms with Crippen molar-refractivity contribution in [3.8, 4) is 6.07 Å². The number of carbonyl (C=O) groups excluding carboxylic acids is 3. The number of nitrogens with zero attached hydrogens (tertiary/aromatic N) is 3. The summed E-state index contributed by atoms with van der Waals surface area (Å²) < 4.78 is 0. The highest BCUT2D eigenvalue weighted by Gasteiger charge is 2.32. The van der Waals surface area contributed by atoms with E-state index in [4.69, 9.17) is 5.26 Å². The molecule has 3 amide bonds. The Morgan fingerprint density at radius 3 is 2.64 bits per heavy atom. The van der Waals surface area contributed by atoms with Gasteiger partial charge in [0.05, 0.1) is 11.6 Å². The Kier molecular flexibility index (Phi) is 4.73. The maximum Gasteiger partial charge on any atom is 0.312 e. The van der Waals surface area contributed by atoms with E-state index in [2.05, 4.69) is 5.32 Å². The quantitative estimate of drug-likeness (QED) is 0.803. The Morgan fingerprint density at radius 2 is 1.95 bits per heavy atom. The predicted octanol–water partition coefficient (Wildman–Crippen LogP) is 0.187. The Morgan fingerprint density at radius 1 is 1.27 bits per heavy atom. The average Bonchev–Trinajstić information content (AvgIpc) is 2.52. The molecular weight excluding hydrogens is 284 g/mol. The lowest BCUT2D eigenvalue weighted by Crippen LogP contribution is -2.55. The van der Waals surface area contributed by atoms with Gasteiger partial charge in [0.15, 0.2) is 0 Å². The molecule has 0 radical (unpaired) electrons. The summed E-state index contributed by atoms with van der Waals surface area (Å²) in [6.07, 6.45) is 0. The fraction of sp³-hybridized carbons (Fsp3) is 0.333. The number of hydrogen-bond acceptors (Lipinski definition) is 4. The zero-order valence-corrected chi connectivity index (χ0v) is 12.2. The molecule has 1 aromatic carbocycles. The Hall–Kier alpha value is -2.88. The Labute approximate surface area is 128 Å². The van der Waals surface area contributed by atoms with Crippen LogP contribution in [0.1, 0.15) is 12.5 Å². The molecule has 0 saturated carbocycles. The van der Waals surface area contributed by atoms with E-state index >= 15 is 0 Å². The summed E-state index contributed by atoms with van der Waals surface area (Å²) >= 11 is 0. The van der Waals surface area contributed by atoms with Crippen molar-refractivity contribution in [3.05, 3.63) is 29.8 Å². The Bertz CT molecular complexity index is 650. The summed E-state index contributed by atoms with van der Waals surface area (Å²) in [6.45, 7) is 2.86. The first-order chi connectivity index (χ1) is 10.5. The molecule has 0 bridgehead atoms. The second kappa shape index (κ2) is 6.72. The van der Waals surface area contributed by atoms with Crippen molar-refractivity contribution >= 4 is 23.4 Å². The van der Waals surface area contributed by atoms with Crippen molar-refractivity contribution in [2.45, 2.75) is 6.92 Å². The van der Waals surface area contributed by atoms with Gasteiger partial charge in [-0.25, -0.2) is 0 Å². The van der Waals surface area contributed by atoms with Crippen LogP contribution in [0, 0.1) is 11.3 Å². The summed E-state index contributed by atoms with van der Waals surface area (Å²) in [5.74, 6) is -1.64. The van der Waals surface area contributed by atoms with E-state index in [1.54, 1.807) is 31.2 Å². The summed E-state index contributed by atoms with van der Waals surface area (Å²) in [6, 6.07) is 8.46. The normalized spacial score (nSPS) is 14.7. The molecule has 1 saturated heterocycles. The first-order valence-electron chi connectivity index (χ1n) is 6.93. The van der Waals surface area contributed by atoms with E-state index in [0.717, 1.165) is 0 Å². The predicted molar refractivity (Wildman–Crippen MR) is 78.6 cm³/mol. The maximum atomic E-state index is 12.0. The van der Waals surface area contributed by atoms with E-state index < -0.39 is 17.7 Å². The fourth-order valence-corrected chi connectivity index (χ4v) is 2.21. The molecule has 1 aromatic rings. The minimum absolute atomic E-state index is 0.182. The molecular formula is C15H16N4O3. The van der Waals surface area contributed by atoms with Crippen LogP contribution in [0.15, 0.2) is 24.3 Å². The number of carbonyl (C=O) groups is 3. The van der Waals surface area contributed by atoms with Gasteiger partial charge in [0.2, 0.25) is 5.91 Å². The zero-order chi connectivity index (χ0) is 16.1. The lowest BCUT2D eigenvalue weighted by Gasteiger charge is -2.32. The van der Waals surface area contributed by atoms with Gasteiger partial charge in [0.25, 0.3) is 0 Å². The highest BCUT2D eigenvalue weighted by molar-refractivity contribution is 6.35. The van der Waals surface area contributed by atoms with E-state index in [1.807, 2.05) is 6.07 Å². The van der Waals surface area contributed by atoms with Crippen LogP contribution in [0.4, 0.5) is 5.69 Å². The minimum atomic E-state index is -0.658. The molecule has 0 spiro atoms. The van der Waals surface area contributed by atoms with Gasteiger partial charge in [-0.3, -0.25) is 14.4 Å². The van der Waals surface area contributed by atoms with Gasteiger partial charge < -0.3 is 15.1 Å². The number of benzene rings is 1. The third-order valence-electron chi connectivity index (χ3n) is 3.39. The van der Waals surface area contributed by atoms with Crippen LogP contribution >= 0.6 is 0 Å². The lowest BCUT2D eigenvalue weighted by molar-refractivity contribution is -0.156. The molecule has 0 aromatic heterocycles. The molecule has 114 valence electrons. The number of piperazine rings is 1. The number of nitrogens with one attached hydrogen (secondary N) is 1. The van der Waals surface area contributed by atoms with Crippen LogP contribution in [-0.4, -0.2) is 53.7 Å². The van der Waals surface area contributed by atoms with Crippen LogP contribution < -0.4 is 5.32 Å². The van der Waals surface area contributed by atoms with Gasteiger partial charge in [-0.05, 0) is 25.1 Å². The summed E-state index contributed by atoms with van der Waals surface area (Å²) in [4.78, 5) is 38.3. The smallest absolute Gasteiger partial charge is 0.312 e. The monoisotopic (exact) mass is 300 g/mol. The van der Waals surface area contributed by atoms with Crippen LogP contribution in [-0.2, 0) is 14.4 Å². The highest BCUT2D eigenvalue weighted by atomic mass is 16.2. The number of rotatable bonds is 4. The summed E-state index contributed by atoms with van der Waals surface area (Å²) in [5, 5.41) is 11.4. The van der Waals surface area contributed by atoms with Gasteiger partial charge in [0, 0.05) is 25.3 Å². The van der Waals surface area contributed by atoms with E-state index in [0.29, 0.717) is 30.9 Å². The Balaban J connectivity index is 1.96. The van der Waals surface area contributed by atoms with Gasteiger partial charge in [0.1, 0.15) is 6.54 Å². The lowest BCUT2D eigenvalue weighted by atomic mass is 10.2. The van der Waals surface area contributed by atoms with Crippen molar-refractivity contribution in [1.29, 1.82) is 5.26 Å². The summed E-state index contributed by atoms with van der Waals surface area (Å²) in [7, 11) is 0. The molecule has 7 heteroatoms. The molecule has 0 atom stereocenters. The zero-order valence-electron chi connectivity index (χ0n) is 12.2. The fourth-order valence-electron chi connectivity index (χ4n) is 2.21. The van der Waals surface area contributed by atoms with Crippen LogP contribution in [0.3, 0.4) is 0 Å². The molecule has 22 heavy (non-hydrogen) atoms. The van der Waals surface area contributed by atoms with Crippen LogP contribution in [0.5, 0.6) is 0 Å². The van der Waals surface area contributed by atoms with Gasteiger partial charge in [-0.1, -0.05) is 6.07 Å². The molecule has 1 fully saturated rings. The van der Waals surface area contributed by atoms with Crippen LogP contribution in [0.2, 0.25) is 0 Å². The second-order valence-corrected chi connectivity index (χ2v) is 4.85. The van der Waals surface area contributed by atoms with Crippen LogP contribution in [0.25, 0.3) is 0 Å². The SMILES string of the molecule is CCN1CCN(CC(=O)Nc2cccc(C#N)c2)C(=O)C1=O. The first-order valence-corrected chi connectivity index (χ1v) is 6.93. The van der Waals surface area contributed by atoms with Crippen molar-refractivity contribution in [2.75, 3.05) is 31.5 Å². The third kappa shape index (κ3) is 3.41. The molecule has 0 aliphatic carbocycles. The van der Waals surface area contributed by atoms with Crippen molar-refractivity contribution in [2.24, 2.45) is 0 Å². The number of nitriles is 1. The first kappa shape index (κ1) is 15.5. The van der Waals surface area contributed by atoms with Gasteiger partial charge >= 0.3 is 11.8 Å². The minimum Gasteiger partial charge on any atom is -0.333 e.